The van der Waals surface area contributed by atoms with Gasteiger partial charge in [0, 0.05) is 18.0 Å². The molecule has 114 valence electrons. The molecule has 21 heavy (non-hydrogen) atoms. The molecule has 1 aliphatic rings. The highest BCUT2D eigenvalue weighted by Gasteiger charge is 2.15. The van der Waals surface area contributed by atoms with E-state index in [1.54, 1.807) is 14.2 Å². The van der Waals surface area contributed by atoms with Crippen LogP contribution in [0.2, 0.25) is 0 Å². The van der Waals surface area contributed by atoms with Crippen LogP contribution in [0, 0.1) is 5.92 Å². The van der Waals surface area contributed by atoms with Crippen LogP contribution in [0.3, 0.4) is 0 Å². The first-order chi connectivity index (χ1) is 10.3. The van der Waals surface area contributed by atoms with Crippen molar-refractivity contribution in [3.8, 4) is 11.5 Å². The van der Waals surface area contributed by atoms with E-state index >= 15 is 0 Å². The van der Waals surface area contributed by atoms with Gasteiger partial charge in [-0.3, -0.25) is 5.10 Å². The predicted octanol–water partition coefficient (Wildman–Crippen LogP) is 3.57. The number of methoxy groups -OCH3 is 2. The molecule has 0 spiro atoms. The first-order valence-corrected chi connectivity index (χ1v) is 7.65. The van der Waals surface area contributed by atoms with Gasteiger partial charge in [0.2, 0.25) is 0 Å². The third-order valence-electron chi connectivity index (χ3n) is 4.35. The van der Waals surface area contributed by atoms with Crippen LogP contribution in [0.4, 0.5) is 5.82 Å². The Morgan fingerprint density at radius 1 is 1.14 bits per heavy atom. The van der Waals surface area contributed by atoms with Gasteiger partial charge in [0.15, 0.2) is 17.3 Å². The zero-order valence-electron chi connectivity index (χ0n) is 12.7. The van der Waals surface area contributed by atoms with Gasteiger partial charge in [-0.15, -0.1) is 0 Å². The van der Waals surface area contributed by atoms with Crippen LogP contribution in [-0.2, 0) is 0 Å². The number of nitrogens with one attached hydrogen (secondary N) is 2. The average Bonchev–Trinajstić information content (AvgIpc) is 2.94. The van der Waals surface area contributed by atoms with E-state index in [0.29, 0.717) is 5.75 Å². The summed E-state index contributed by atoms with van der Waals surface area (Å²) in [6.45, 7) is 0.994. The standard InChI is InChI=1S/C16H23N3O2/c1-20-14-8-12-13(9-15(14)21-2)18-19-16(12)17-10-11-6-4-3-5-7-11/h8-9,11H,3-7,10H2,1-2H3,(H2,17,18,19). The smallest absolute Gasteiger partial charge is 0.162 e. The van der Waals surface area contributed by atoms with E-state index in [1.165, 1.54) is 32.1 Å². The number of ether oxygens (including phenoxy) is 2. The molecule has 0 radical (unpaired) electrons. The minimum Gasteiger partial charge on any atom is -0.493 e. The molecule has 5 nitrogen and oxygen atoms in total. The van der Waals surface area contributed by atoms with Crippen LogP contribution in [0.15, 0.2) is 12.1 Å². The Hall–Kier alpha value is -1.91. The Morgan fingerprint density at radius 2 is 1.86 bits per heavy atom. The third kappa shape index (κ3) is 2.91. The van der Waals surface area contributed by atoms with Crippen LogP contribution in [-0.4, -0.2) is 31.0 Å². The van der Waals surface area contributed by atoms with E-state index in [2.05, 4.69) is 15.5 Å². The molecule has 0 atom stereocenters. The lowest BCUT2D eigenvalue weighted by Gasteiger charge is -2.21. The van der Waals surface area contributed by atoms with Crippen molar-refractivity contribution in [3.63, 3.8) is 0 Å². The highest BCUT2D eigenvalue weighted by Crippen LogP contribution is 2.34. The summed E-state index contributed by atoms with van der Waals surface area (Å²) >= 11 is 0. The van der Waals surface area contributed by atoms with Gasteiger partial charge >= 0.3 is 0 Å². The molecule has 0 bridgehead atoms. The summed E-state index contributed by atoms with van der Waals surface area (Å²) in [5.41, 5.74) is 0.957. The molecule has 3 rings (SSSR count). The third-order valence-corrected chi connectivity index (χ3v) is 4.35. The lowest BCUT2D eigenvalue weighted by molar-refractivity contribution is 0.356. The average molecular weight is 289 g/mol. The van der Waals surface area contributed by atoms with Gasteiger partial charge in [0.05, 0.1) is 19.7 Å². The largest absolute Gasteiger partial charge is 0.493 e. The fourth-order valence-corrected chi connectivity index (χ4v) is 3.11. The number of aromatic nitrogens is 2. The van der Waals surface area contributed by atoms with E-state index in [9.17, 15) is 0 Å². The monoisotopic (exact) mass is 289 g/mol. The molecule has 5 heteroatoms. The number of nitrogens with zero attached hydrogens (tertiary/aromatic N) is 1. The Kier molecular flexibility index (Phi) is 4.18. The Bertz CT molecular complexity index is 603. The van der Waals surface area contributed by atoms with E-state index in [4.69, 9.17) is 9.47 Å². The molecule has 1 aromatic carbocycles. The van der Waals surface area contributed by atoms with Crippen molar-refractivity contribution in [2.45, 2.75) is 32.1 Å². The molecule has 1 saturated carbocycles. The second-order valence-corrected chi connectivity index (χ2v) is 5.71. The van der Waals surface area contributed by atoms with Crippen molar-refractivity contribution in [3.05, 3.63) is 12.1 Å². The maximum atomic E-state index is 5.37. The summed E-state index contributed by atoms with van der Waals surface area (Å²) in [5.74, 6) is 3.11. The van der Waals surface area contributed by atoms with Crippen molar-refractivity contribution in [2.24, 2.45) is 5.92 Å². The zero-order valence-corrected chi connectivity index (χ0v) is 12.7. The maximum Gasteiger partial charge on any atom is 0.162 e. The van der Waals surface area contributed by atoms with E-state index in [0.717, 1.165) is 34.9 Å². The minimum atomic E-state index is 0.715. The number of aromatic amines is 1. The van der Waals surface area contributed by atoms with Crippen LogP contribution < -0.4 is 14.8 Å². The Morgan fingerprint density at radius 3 is 2.57 bits per heavy atom. The van der Waals surface area contributed by atoms with Crippen LogP contribution >= 0.6 is 0 Å². The van der Waals surface area contributed by atoms with Crippen molar-refractivity contribution in [2.75, 3.05) is 26.1 Å². The number of anilines is 1. The normalized spacial score (nSPS) is 16.1. The molecule has 0 unspecified atom stereocenters. The number of hydrogen-bond donors (Lipinski definition) is 2. The fraction of sp³-hybridized carbons (Fsp3) is 0.562. The number of fused-ring (bicyclic) bond motifs is 1. The van der Waals surface area contributed by atoms with Gasteiger partial charge in [0.25, 0.3) is 0 Å². The van der Waals surface area contributed by atoms with E-state index in [1.807, 2.05) is 12.1 Å². The maximum absolute atomic E-state index is 5.37. The molecule has 1 aromatic heterocycles. The molecule has 1 aliphatic carbocycles. The van der Waals surface area contributed by atoms with Crippen molar-refractivity contribution in [1.29, 1.82) is 0 Å². The van der Waals surface area contributed by atoms with Gasteiger partial charge in [-0.05, 0) is 24.8 Å². The molecule has 1 heterocycles. The van der Waals surface area contributed by atoms with Crippen LogP contribution in [0.25, 0.3) is 10.9 Å². The SMILES string of the molecule is COc1cc2[nH]nc(NCC3CCCCC3)c2cc1OC. The van der Waals surface area contributed by atoms with Gasteiger partial charge in [0.1, 0.15) is 0 Å². The lowest BCUT2D eigenvalue weighted by atomic mass is 9.89. The second-order valence-electron chi connectivity index (χ2n) is 5.71. The number of H-pyrrole nitrogens is 1. The van der Waals surface area contributed by atoms with Crippen molar-refractivity contribution < 1.29 is 9.47 Å². The summed E-state index contributed by atoms with van der Waals surface area (Å²) in [4.78, 5) is 0. The minimum absolute atomic E-state index is 0.715. The van der Waals surface area contributed by atoms with Gasteiger partial charge < -0.3 is 14.8 Å². The van der Waals surface area contributed by atoms with Gasteiger partial charge in [-0.1, -0.05) is 19.3 Å². The zero-order chi connectivity index (χ0) is 14.7. The van der Waals surface area contributed by atoms with E-state index < -0.39 is 0 Å². The van der Waals surface area contributed by atoms with Gasteiger partial charge in [-0.2, -0.15) is 5.10 Å². The summed E-state index contributed by atoms with van der Waals surface area (Å²) in [5, 5.41) is 12.0. The molecule has 0 aliphatic heterocycles. The molecular weight excluding hydrogens is 266 g/mol. The number of hydrogen-bond acceptors (Lipinski definition) is 4. The van der Waals surface area contributed by atoms with E-state index in [-0.39, 0.29) is 0 Å². The first kappa shape index (κ1) is 14.0. The van der Waals surface area contributed by atoms with Crippen LogP contribution in [0.5, 0.6) is 11.5 Å². The van der Waals surface area contributed by atoms with Gasteiger partial charge in [-0.25, -0.2) is 0 Å². The summed E-state index contributed by atoms with van der Waals surface area (Å²) < 4.78 is 10.7. The highest BCUT2D eigenvalue weighted by molar-refractivity contribution is 5.92. The lowest BCUT2D eigenvalue weighted by Crippen LogP contribution is -2.17. The molecule has 2 N–H and O–H groups in total. The first-order valence-electron chi connectivity index (χ1n) is 7.65. The summed E-state index contributed by atoms with van der Waals surface area (Å²) in [6.07, 6.45) is 6.76. The summed E-state index contributed by atoms with van der Waals surface area (Å²) in [7, 11) is 3.29. The molecule has 1 fully saturated rings. The topological polar surface area (TPSA) is 59.2 Å². The Labute approximate surface area is 125 Å². The molecule has 0 amide bonds. The molecule has 0 saturated heterocycles. The second kappa shape index (κ2) is 6.24. The highest BCUT2D eigenvalue weighted by atomic mass is 16.5. The van der Waals surface area contributed by atoms with Crippen LogP contribution in [0.1, 0.15) is 32.1 Å². The van der Waals surface area contributed by atoms with Crippen molar-refractivity contribution in [1.82, 2.24) is 10.2 Å². The fourth-order valence-electron chi connectivity index (χ4n) is 3.11. The number of rotatable bonds is 5. The Balaban J connectivity index is 1.78. The molecule has 2 aromatic rings. The number of benzene rings is 1. The molecular formula is C16H23N3O2. The van der Waals surface area contributed by atoms with Crippen molar-refractivity contribution >= 4 is 16.7 Å². The predicted molar refractivity (Wildman–Crippen MR) is 84.3 cm³/mol. The summed E-state index contributed by atoms with van der Waals surface area (Å²) in [6, 6.07) is 3.90. The quantitative estimate of drug-likeness (QED) is 0.883.